The van der Waals surface area contributed by atoms with Gasteiger partial charge in [0.25, 0.3) is 5.91 Å². The second kappa shape index (κ2) is 6.39. The van der Waals surface area contributed by atoms with E-state index in [0.717, 1.165) is 18.5 Å². The van der Waals surface area contributed by atoms with Crippen LogP contribution < -0.4 is 0 Å². The largest absolute Gasteiger partial charge is 0.332 e. The summed E-state index contributed by atoms with van der Waals surface area (Å²) in [6, 6.07) is 9.33. The standard InChI is InChI=1S/C17H21N3O3S/c1-13(12-24(2,22)23)20(16-8-9-16)17(21)14-10-18-19(11-14)15-6-4-3-5-7-15/h3-7,10-11,13,16H,8-9,12H2,1-2H3/t13-/m1/s1. The van der Waals surface area contributed by atoms with Gasteiger partial charge in [-0.25, -0.2) is 13.1 Å². The molecule has 0 unspecified atom stereocenters. The first kappa shape index (κ1) is 16.7. The number of nitrogens with zero attached hydrogens (tertiary/aromatic N) is 3. The molecule has 3 rings (SSSR count). The molecule has 1 saturated carbocycles. The van der Waals surface area contributed by atoms with E-state index in [1.807, 2.05) is 30.3 Å². The van der Waals surface area contributed by atoms with Gasteiger partial charge in [0.15, 0.2) is 0 Å². The minimum atomic E-state index is -3.14. The maximum absolute atomic E-state index is 12.9. The molecule has 1 heterocycles. The van der Waals surface area contributed by atoms with Crippen LogP contribution in [-0.2, 0) is 9.84 Å². The lowest BCUT2D eigenvalue weighted by atomic mass is 10.2. The molecule has 128 valence electrons. The third-order valence-corrected chi connectivity index (χ3v) is 5.13. The van der Waals surface area contributed by atoms with E-state index in [4.69, 9.17) is 0 Å². The predicted octanol–water partition coefficient (Wildman–Crippen LogP) is 1.91. The first-order chi connectivity index (χ1) is 11.3. The Morgan fingerprint density at radius 3 is 2.58 bits per heavy atom. The van der Waals surface area contributed by atoms with E-state index in [1.165, 1.54) is 12.5 Å². The molecule has 24 heavy (non-hydrogen) atoms. The summed E-state index contributed by atoms with van der Waals surface area (Å²) >= 11 is 0. The first-order valence-corrected chi connectivity index (χ1v) is 10.0. The number of hydrogen-bond donors (Lipinski definition) is 0. The number of carbonyl (C=O) groups excluding carboxylic acids is 1. The van der Waals surface area contributed by atoms with Crippen molar-refractivity contribution in [1.82, 2.24) is 14.7 Å². The molecule has 0 spiro atoms. The van der Waals surface area contributed by atoms with E-state index in [1.54, 1.807) is 22.7 Å². The minimum absolute atomic E-state index is 0.0257. The third-order valence-electron chi connectivity index (χ3n) is 4.04. The summed E-state index contributed by atoms with van der Waals surface area (Å²) in [4.78, 5) is 14.6. The van der Waals surface area contributed by atoms with Crippen molar-refractivity contribution in [3.63, 3.8) is 0 Å². The second-order valence-electron chi connectivity index (χ2n) is 6.39. The van der Waals surface area contributed by atoms with Crippen LogP contribution in [0.3, 0.4) is 0 Å². The van der Waals surface area contributed by atoms with Gasteiger partial charge in [-0.3, -0.25) is 4.79 Å². The molecule has 1 aliphatic rings. The smallest absolute Gasteiger partial charge is 0.257 e. The average molecular weight is 347 g/mol. The topological polar surface area (TPSA) is 72.3 Å². The quantitative estimate of drug-likeness (QED) is 0.800. The van der Waals surface area contributed by atoms with E-state index < -0.39 is 9.84 Å². The zero-order valence-electron chi connectivity index (χ0n) is 13.8. The first-order valence-electron chi connectivity index (χ1n) is 7.95. The fraction of sp³-hybridized carbons (Fsp3) is 0.412. The van der Waals surface area contributed by atoms with Gasteiger partial charge < -0.3 is 4.90 Å². The monoisotopic (exact) mass is 347 g/mol. The van der Waals surface area contributed by atoms with Crippen LogP contribution in [0.25, 0.3) is 5.69 Å². The van der Waals surface area contributed by atoms with Crippen LogP contribution in [0, 0.1) is 0 Å². The number of hydrogen-bond acceptors (Lipinski definition) is 4. The fourth-order valence-electron chi connectivity index (χ4n) is 2.90. The summed E-state index contributed by atoms with van der Waals surface area (Å²) in [5.41, 5.74) is 1.35. The van der Waals surface area contributed by atoms with Gasteiger partial charge in [0.1, 0.15) is 9.84 Å². The van der Waals surface area contributed by atoms with Gasteiger partial charge in [0.05, 0.1) is 23.2 Å². The number of sulfone groups is 1. The van der Waals surface area contributed by atoms with Crippen LogP contribution in [0.2, 0.25) is 0 Å². The molecular formula is C17H21N3O3S. The number of rotatable bonds is 6. The summed E-state index contributed by atoms with van der Waals surface area (Å²) < 4.78 is 24.8. The van der Waals surface area contributed by atoms with Crippen molar-refractivity contribution in [1.29, 1.82) is 0 Å². The highest BCUT2D eigenvalue weighted by atomic mass is 32.2. The van der Waals surface area contributed by atoms with Crippen molar-refractivity contribution in [3.05, 3.63) is 48.3 Å². The van der Waals surface area contributed by atoms with Crippen LogP contribution in [0.1, 0.15) is 30.1 Å². The molecular weight excluding hydrogens is 326 g/mol. The van der Waals surface area contributed by atoms with Crippen molar-refractivity contribution in [3.8, 4) is 5.69 Å². The molecule has 0 radical (unpaired) electrons. The molecule has 6 nitrogen and oxygen atoms in total. The van der Waals surface area contributed by atoms with Crippen LogP contribution in [0.5, 0.6) is 0 Å². The van der Waals surface area contributed by atoms with Gasteiger partial charge in [0, 0.05) is 24.5 Å². The second-order valence-corrected chi connectivity index (χ2v) is 8.58. The van der Waals surface area contributed by atoms with Gasteiger partial charge in [0.2, 0.25) is 0 Å². The van der Waals surface area contributed by atoms with E-state index in [9.17, 15) is 13.2 Å². The lowest BCUT2D eigenvalue weighted by Gasteiger charge is -2.28. The summed E-state index contributed by atoms with van der Waals surface area (Å²) in [5, 5.41) is 4.25. The van der Waals surface area contributed by atoms with Crippen molar-refractivity contribution in [2.24, 2.45) is 0 Å². The van der Waals surface area contributed by atoms with Gasteiger partial charge >= 0.3 is 0 Å². The van der Waals surface area contributed by atoms with Crippen LogP contribution in [0.4, 0.5) is 0 Å². The number of aromatic nitrogens is 2. The zero-order valence-corrected chi connectivity index (χ0v) is 14.6. The summed E-state index contributed by atoms with van der Waals surface area (Å²) in [6.07, 6.45) is 6.28. The van der Waals surface area contributed by atoms with Gasteiger partial charge in [-0.1, -0.05) is 18.2 Å². The Morgan fingerprint density at radius 2 is 2.00 bits per heavy atom. The Bertz CT molecular complexity index is 826. The van der Waals surface area contributed by atoms with Crippen molar-refractivity contribution in [2.75, 3.05) is 12.0 Å². The lowest BCUT2D eigenvalue weighted by Crippen LogP contribution is -2.43. The molecule has 0 N–H and O–H groups in total. The predicted molar refractivity (Wildman–Crippen MR) is 91.9 cm³/mol. The molecule has 1 fully saturated rings. The Morgan fingerprint density at radius 1 is 1.33 bits per heavy atom. The normalized spacial score (nSPS) is 15.9. The van der Waals surface area contributed by atoms with Gasteiger partial charge in [-0.15, -0.1) is 0 Å². The summed E-state index contributed by atoms with van der Waals surface area (Å²) in [7, 11) is -3.14. The van der Waals surface area contributed by atoms with Crippen molar-refractivity contribution in [2.45, 2.75) is 31.8 Å². The minimum Gasteiger partial charge on any atom is -0.332 e. The van der Waals surface area contributed by atoms with Gasteiger partial charge in [-0.05, 0) is 31.9 Å². The summed E-state index contributed by atoms with van der Waals surface area (Å²) in [6.45, 7) is 1.79. The molecule has 1 aromatic carbocycles. The maximum Gasteiger partial charge on any atom is 0.257 e. The molecule has 0 bridgehead atoms. The number of benzene rings is 1. The third kappa shape index (κ3) is 3.84. The van der Waals surface area contributed by atoms with Crippen LogP contribution >= 0.6 is 0 Å². The Kier molecular flexibility index (Phi) is 4.45. The van der Waals surface area contributed by atoms with Gasteiger partial charge in [-0.2, -0.15) is 5.10 Å². The Hall–Kier alpha value is -2.15. The molecule has 1 atom stereocenters. The van der Waals surface area contributed by atoms with E-state index in [-0.39, 0.29) is 23.7 Å². The lowest BCUT2D eigenvalue weighted by molar-refractivity contribution is 0.0693. The highest BCUT2D eigenvalue weighted by Gasteiger charge is 2.37. The van der Waals surface area contributed by atoms with E-state index in [2.05, 4.69) is 5.10 Å². The van der Waals surface area contributed by atoms with E-state index in [0.29, 0.717) is 5.56 Å². The number of para-hydroxylation sites is 1. The molecule has 2 aromatic rings. The maximum atomic E-state index is 12.9. The molecule has 7 heteroatoms. The fourth-order valence-corrected chi connectivity index (χ4v) is 3.94. The zero-order chi connectivity index (χ0) is 17.3. The average Bonchev–Trinajstić information content (AvgIpc) is 3.21. The molecule has 1 amide bonds. The number of carbonyl (C=O) groups is 1. The van der Waals surface area contributed by atoms with Crippen LogP contribution in [0.15, 0.2) is 42.7 Å². The van der Waals surface area contributed by atoms with Crippen molar-refractivity contribution < 1.29 is 13.2 Å². The molecule has 1 aromatic heterocycles. The summed E-state index contributed by atoms with van der Waals surface area (Å²) in [5.74, 6) is -0.182. The van der Waals surface area contributed by atoms with E-state index >= 15 is 0 Å². The van der Waals surface area contributed by atoms with Crippen molar-refractivity contribution >= 4 is 15.7 Å². The Labute approximate surface area is 142 Å². The highest BCUT2D eigenvalue weighted by Crippen LogP contribution is 2.30. The SMILES string of the molecule is C[C@H](CS(C)(=O)=O)N(C(=O)c1cnn(-c2ccccc2)c1)C1CC1. The highest BCUT2D eigenvalue weighted by molar-refractivity contribution is 7.90. The molecule has 1 aliphatic carbocycles. The molecule has 0 aliphatic heterocycles. The number of amides is 1. The Balaban J connectivity index is 1.82. The molecule has 0 saturated heterocycles. The van der Waals surface area contributed by atoms with Crippen LogP contribution in [-0.4, -0.2) is 53.1 Å².